The van der Waals surface area contributed by atoms with Crippen molar-refractivity contribution in [1.82, 2.24) is 10.2 Å². The van der Waals surface area contributed by atoms with Gasteiger partial charge in [-0.1, -0.05) is 0 Å². The second-order valence-electron chi connectivity index (χ2n) is 7.34. The number of piperidine rings is 1. The maximum atomic E-state index is 5.79. The third-order valence-corrected chi connectivity index (χ3v) is 4.34. The van der Waals surface area contributed by atoms with Gasteiger partial charge >= 0.3 is 0 Å². The first kappa shape index (κ1) is 13.3. The van der Waals surface area contributed by atoms with Crippen molar-refractivity contribution in [3.63, 3.8) is 0 Å². The van der Waals surface area contributed by atoms with Crippen molar-refractivity contribution in [2.24, 2.45) is 11.7 Å². The van der Waals surface area contributed by atoms with Crippen LogP contribution < -0.4 is 11.1 Å². The molecule has 2 aliphatic rings. The number of likely N-dealkylation sites (tertiary alicyclic amines) is 1. The number of hydrogen-bond acceptors (Lipinski definition) is 3. The molecule has 0 aliphatic carbocycles. The van der Waals surface area contributed by atoms with Gasteiger partial charge in [-0.25, -0.2) is 0 Å². The van der Waals surface area contributed by atoms with Crippen molar-refractivity contribution in [2.45, 2.75) is 64.1 Å². The molecule has 2 saturated heterocycles. The molecule has 0 bridgehead atoms. The Bertz CT molecular complexity index is 257. The van der Waals surface area contributed by atoms with E-state index < -0.39 is 0 Å². The summed E-state index contributed by atoms with van der Waals surface area (Å²) < 4.78 is 0. The van der Waals surface area contributed by atoms with E-state index >= 15 is 0 Å². The summed E-state index contributed by atoms with van der Waals surface area (Å²) in [4.78, 5) is 2.68. The van der Waals surface area contributed by atoms with Gasteiger partial charge in [0.05, 0.1) is 0 Å². The molecule has 2 rings (SSSR count). The first-order valence-corrected chi connectivity index (χ1v) is 7.05. The van der Waals surface area contributed by atoms with Gasteiger partial charge in [-0.05, 0) is 66.0 Å². The SMILES string of the molecule is CC1(C)CC(N2CCC(CN)C2)CC(C)(C)N1. The first-order chi connectivity index (χ1) is 7.81. The third kappa shape index (κ3) is 3.21. The predicted octanol–water partition coefficient (Wildman–Crippen LogP) is 1.58. The zero-order chi connectivity index (χ0) is 12.7. The van der Waals surface area contributed by atoms with Gasteiger partial charge in [0.25, 0.3) is 0 Å². The number of nitrogens with zero attached hydrogens (tertiary/aromatic N) is 1. The number of hydrogen-bond donors (Lipinski definition) is 2. The van der Waals surface area contributed by atoms with Gasteiger partial charge in [-0.15, -0.1) is 0 Å². The Kier molecular flexibility index (Phi) is 3.54. The average Bonchev–Trinajstić information content (AvgIpc) is 2.60. The molecule has 17 heavy (non-hydrogen) atoms. The number of nitrogens with one attached hydrogen (secondary N) is 1. The van der Waals surface area contributed by atoms with Crippen molar-refractivity contribution >= 4 is 0 Å². The highest BCUT2D eigenvalue weighted by atomic mass is 15.2. The minimum Gasteiger partial charge on any atom is -0.330 e. The van der Waals surface area contributed by atoms with Crippen LogP contribution in [-0.4, -0.2) is 41.7 Å². The molecule has 0 aromatic heterocycles. The topological polar surface area (TPSA) is 41.3 Å². The Balaban J connectivity index is 2.01. The Hall–Kier alpha value is -0.120. The molecular formula is C14H29N3. The Morgan fingerprint density at radius 1 is 1.18 bits per heavy atom. The highest BCUT2D eigenvalue weighted by molar-refractivity contribution is 5.01. The van der Waals surface area contributed by atoms with Crippen LogP contribution in [0.3, 0.4) is 0 Å². The van der Waals surface area contributed by atoms with Crippen LogP contribution in [0, 0.1) is 5.92 Å². The number of nitrogens with two attached hydrogens (primary N) is 1. The van der Waals surface area contributed by atoms with Crippen LogP contribution in [-0.2, 0) is 0 Å². The second-order valence-corrected chi connectivity index (χ2v) is 7.34. The van der Waals surface area contributed by atoms with E-state index in [0.717, 1.165) is 18.5 Å². The molecule has 2 fully saturated rings. The Morgan fingerprint density at radius 2 is 1.76 bits per heavy atom. The monoisotopic (exact) mass is 239 g/mol. The van der Waals surface area contributed by atoms with E-state index in [-0.39, 0.29) is 11.1 Å². The van der Waals surface area contributed by atoms with Crippen molar-refractivity contribution in [1.29, 1.82) is 0 Å². The zero-order valence-corrected chi connectivity index (χ0v) is 11.9. The summed E-state index contributed by atoms with van der Waals surface area (Å²) in [5.74, 6) is 0.733. The minimum atomic E-state index is 0.257. The summed E-state index contributed by atoms with van der Waals surface area (Å²) in [6, 6.07) is 0.734. The quantitative estimate of drug-likeness (QED) is 0.769. The van der Waals surface area contributed by atoms with E-state index in [0.29, 0.717) is 0 Å². The molecule has 2 heterocycles. The van der Waals surface area contributed by atoms with Crippen LogP contribution in [0.5, 0.6) is 0 Å². The number of rotatable bonds is 2. The van der Waals surface area contributed by atoms with E-state index in [9.17, 15) is 0 Å². The van der Waals surface area contributed by atoms with Gasteiger partial charge in [-0.3, -0.25) is 4.90 Å². The lowest BCUT2D eigenvalue weighted by Gasteiger charge is -2.49. The smallest absolute Gasteiger partial charge is 0.0145 e. The lowest BCUT2D eigenvalue weighted by molar-refractivity contribution is 0.0785. The van der Waals surface area contributed by atoms with Gasteiger partial charge in [0.2, 0.25) is 0 Å². The summed E-state index contributed by atoms with van der Waals surface area (Å²) in [6.07, 6.45) is 3.81. The van der Waals surface area contributed by atoms with Gasteiger partial charge < -0.3 is 11.1 Å². The molecule has 1 unspecified atom stereocenters. The minimum absolute atomic E-state index is 0.257. The van der Waals surface area contributed by atoms with Crippen LogP contribution in [0.25, 0.3) is 0 Å². The lowest BCUT2D eigenvalue weighted by Crippen LogP contribution is -2.62. The van der Waals surface area contributed by atoms with E-state index in [1.54, 1.807) is 0 Å². The van der Waals surface area contributed by atoms with Crippen LogP contribution in [0.15, 0.2) is 0 Å². The fourth-order valence-corrected chi connectivity index (χ4v) is 3.91. The largest absolute Gasteiger partial charge is 0.330 e. The predicted molar refractivity (Wildman–Crippen MR) is 73.1 cm³/mol. The van der Waals surface area contributed by atoms with E-state index in [4.69, 9.17) is 5.73 Å². The molecule has 100 valence electrons. The fraction of sp³-hybridized carbons (Fsp3) is 1.00. The van der Waals surface area contributed by atoms with E-state index in [1.807, 2.05) is 0 Å². The van der Waals surface area contributed by atoms with E-state index in [2.05, 4.69) is 37.9 Å². The van der Waals surface area contributed by atoms with Crippen LogP contribution in [0.1, 0.15) is 47.0 Å². The van der Waals surface area contributed by atoms with Crippen molar-refractivity contribution in [3.8, 4) is 0 Å². The van der Waals surface area contributed by atoms with Gasteiger partial charge in [0.1, 0.15) is 0 Å². The van der Waals surface area contributed by atoms with E-state index in [1.165, 1.54) is 32.4 Å². The molecular weight excluding hydrogens is 210 g/mol. The van der Waals surface area contributed by atoms with Crippen LogP contribution in [0.4, 0.5) is 0 Å². The van der Waals surface area contributed by atoms with Gasteiger partial charge in [0.15, 0.2) is 0 Å². The fourth-order valence-electron chi connectivity index (χ4n) is 3.91. The molecule has 0 aromatic rings. The molecule has 0 spiro atoms. The molecule has 0 aromatic carbocycles. The lowest BCUT2D eigenvalue weighted by atomic mass is 9.79. The summed E-state index contributed by atoms with van der Waals surface area (Å²) in [5.41, 5.74) is 6.31. The highest BCUT2D eigenvalue weighted by Gasteiger charge is 2.41. The van der Waals surface area contributed by atoms with Crippen molar-refractivity contribution in [3.05, 3.63) is 0 Å². The molecule has 0 radical (unpaired) electrons. The maximum absolute atomic E-state index is 5.79. The van der Waals surface area contributed by atoms with Gasteiger partial charge in [-0.2, -0.15) is 0 Å². The third-order valence-electron chi connectivity index (χ3n) is 4.34. The molecule has 2 aliphatic heterocycles. The van der Waals surface area contributed by atoms with Crippen LogP contribution >= 0.6 is 0 Å². The summed E-state index contributed by atoms with van der Waals surface area (Å²) in [5, 5.41) is 3.76. The molecule has 3 N–H and O–H groups in total. The Labute approximate surface area is 106 Å². The first-order valence-electron chi connectivity index (χ1n) is 7.05. The average molecular weight is 239 g/mol. The molecule has 3 nitrogen and oxygen atoms in total. The van der Waals surface area contributed by atoms with Crippen LogP contribution in [0.2, 0.25) is 0 Å². The molecule has 0 amide bonds. The van der Waals surface area contributed by atoms with Gasteiger partial charge in [0, 0.05) is 23.7 Å². The zero-order valence-electron chi connectivity index (χ0n) is 11.9. The van der Waals surface area contributed by atoms with Crippen molar-refractivity contribution < 1.29 is 0 Å². The summed E-state index contributed by atoms with van der Waals surface area (Å²) in [7, 11) is 0. The molecule has 3 heteroatoms. The summed E-state index contributed by atoms with van der Waals surface area (Å²) >= 11 is 0. The summed E-state index contributed by atoms with van der Waals surface area (Å²) in [6.45, 7) is 12.6. The molecule has 0 saturated carbocycles. The Morgan fingerprint density at radius 3 is 2.24 bits per heavy atom. The van der Waals surface area contributed by atoms with Crippen molar-refractivity contribution in [2.75, 3.05) is 19.6 Å². The standard InChI is InChI=1S/C14H29N3/c1-13(2)7-12(8-14(3,4)16-13)17-6-5-11(9-15)10-17/h11-12,16H,5-10,15H2,1-4H3. The highest BCUT2D eigenvalue weighted by Crippen LogP contribution is 2.33. The molecule has 1 atom stereocenters. The second kappa shape index (κ2) is 4.52. The maximum Gasteiger partial charge on any atom is 0.0145 e. The normalized spacial score (nSPS) is 34.1.